The Labute approximate surface area is 140 Å². The van der Waals surface area contributed by atoms with Crippen LogP contribution in [-0.2, 0) is 13.0 Å². The highest BCUT2D eigenvalue weighted by atomic mass is 19.1. The van der Waals surface area contributed by atoms with E-state index in [4.69, 9.17) is 0 Å². The number of carbonyl (C=O) groups excluding carboxylic acids is 1. The lowest BCUT2D eigenvalue weighted by molar-refractivity contribution is 0.207. The molecule has 4 nitrogen and oxygen atoms in total. The van der Waals surface area contributed by atoms with Crippen molar-refractivity contribution >= 4 is 16.9 Å². The highest BCUT2D eigenvalue weighted by Gasteiger charge is 2.09. The third-order valence-electron chi connectivity index (χ3n) is 4.00. The molecule has 0 atom stereocenters. The maximum absolute atomic E-state index is 13.2. The van der Waals surface area contributed by atoms with Gasteiger partial charge in [-0.2, -0.15) is 0 Å². The Kier molecular flexibility index (Phi) is 4.79. The van der Waals surface area contributed by atoms with Gasteiger partial charge in [0.15, 0.2) is 0 Å². The fourth-order valence-electron chi connectivity index (χ4n) is 2.76. The maximum atomic E-state index is 13.2. The number of carbonyl (C=O) groups is 1. The van der Waals surface area contributed by atoms with Crippen LogP contribution in [0, 0.1) is 5.82 Å². The van der Waals surface area contributed by atoms with E-state index in [-0.39, 0.29) is 11.8 Å². The van der Waals surface area contributed by atoms with Gasteiger partial charge >= 0.3 is 6.03 Å². The minimum atomic E-state index is -0.291. The van der Waals surface area contributed by atoms with Crippen LogP contribution in [0.15, 0.2) is 54.7 Å². The number of fused-ring (bicyclic) bond motifs is 1. The number of nitrogens with zero attached hydrogens (tertiary/aromatic N) is 1. The van der Waals surface area contributed by atoms with E-state index in [9.17, 15) is 9.18 Å². The minimum absolute atomic E-state index is 0.167. The molecule has 0 aliphatic carbocycles. The molecule has 124 valence electrons. The van der Waals surface area contributed by atoms with Crippen LogP contribution in [0.25, 0.3) is 10.9 Å². The fourth-order valence-corrected chi connectivity index (χ4v) is 2.76. The number of rotatable bonds is 5. The van der Waals surface area contributed by atoms with Gasteiger partial charge < -0.3 is 15.2 Å². The quantitative estimate of drug-likeness (QED) is 0.738. The largest absolute Gasteiger partial charge is 0.361 e. The zero-order valence-electron chi connectivity index (χ0n) is 13.6. The van der Waals surface area contributed by atoms with Gasteiger partial charge in [-0.15, -0.1) is 0 Å². The van der Waals surface area contributed by atoms with Gasteiger partial charge in [-0.25, -0.2) is 9.18 Å². The zero-order valence-corrected chi connectivity index (χ0v) is 13.6. The first kappa shape index (κ1) is 16.1. The second kappa shape index (κ2) is 7.17. The van der Waals surface area contributed by atoms with E-state index in [2.05, 4.69) is 16.4 Å². The van der Waals surface area contributed by atoms with E-state index >= 15 is 0 Å². The predicted octanol–water partition coefficient (Wildman–Crippen LogP) is 3.69. The number of H-pyrrole nitrogens is 1. The highest BCUT2D eigenvalue weighted by molar-refractivity contribution is 5.83. The topological polar surface area (TPSA) is 48.1 Å². The molecule has 1 heterocycles. The standard InChI is InChI=1S/C19H20FN3O/c1-23(13-14-5-4-6-16(20)11-14)19(24)21-10-9-15-12-22-18-8-3-2-7-17(15)18/h2-8,11-12,22H,9-10,13H2,1H3,(H,21,24). The fraction of sp³-hybridized carbons (Fsp3) is 0.211. The van der Waals surface area contributed by atoms with Crippen LogP contribution in [0.1, 0.15) is 11.1 Å². The Balaban J connectivity index is 1.51. The van der Waals surface area contributed by atoms with E-state index in [1.807, 2.05) is 24.4 Å². The Bertz CT molecular complexity index is 843. The van der Waals surface area contributed by atoms with E-state index in [1.165, 1.54) is 23.1 Å². The number of nitrogens with one attached hydrogen (secondary N) is 2. The Morgan fingerprint density at radius 3 is 2.88 bits per heavy atom. The zero-order chi connectivity index (χ0) is 16.9. The predicted molar refractivity (Wildman–Crippen MR) is 93.3 cm³/mol. The molecule has 0 saturated carbocycles. The second-order valence-electron chi connectivity index (χ2n) is 5.83. The molecule has 2 aromatic carbocycles. The summed E-state index contributed by atoms with van der Waals surface area (Å²) in [4.78, 5) is 16.9. The number of urea groups is 1. The number of aromatic amines is 1. The number of amides is 2. The lowest BCUT2D eigenvalue weighted by Gasteiger charge is -2.18. The van der Waals surface area contributed by atoms with Crippen LogP contribution in [0.4, 0.5) is 9.18 Å². The normalized spacial score (nSPS) is 10.8. The Morgan fingerprint density at radius 2 is 2.04 bits per heavy atom. The van der Waals surface area contributed by atoms with Crippen molar-refractivity contribution in [1.82, 2.24) is 15.2 Å². The van der Waals surface area contributed by atoms with Crippen molar-refractivity contribution in [2.45, 2.75) is 13.0 Å². The van der Waals surface area contributed by atoms with E-state index < -0.39 is 0 Å². The van der Waals surface area contributed by atoms with Gasteiger partial charge in [0.25, 0.3) is 0 Å². The third-order valence-corrected chi connectivity index (χ3v) is 4.00. The molecule has 0 unspecified atom stereocenters. The monoisotopic (exact) mass is 325 g/mol. The molecule has 0 fully saturated rings. The first-order chi connectivity index (χ1) is 11.6. The first-order valence-corrected chi connectivity index (χ1v) is 7.92. The van der Waals surface area contributed by atoms with Crippen molar-refractivity contribution in [3.63, 3.8) is 0 Å². The summed E-state index contributed by atoms with van der Waals surface area (Å²) >= 11 is 0. The Morgan fingerprint density at radius 1 is 1.21 bits per heavy atom. The summed E-state index contributed by atoms with van der Waals surface area (Å²) in [5.74, 6) is -0.291. The molecule has 1 aromatic heterocycles. The summed E-state index contributed by atoms with van der Waals surface area (Å²) in [6.45, 7) is 0.921. The minimum Gasteiger partial charge on any atom is -0.361 e. The van der Waals surface area contributed by atoms with Crippen LogP contribution < -0.4 is 5.32 Å². The molecule has 3 rings (SSSR count). The number of halogens is 1. The van der Waals surface area contributed by atoms with E-state index in [1.54, 1.807) is 24.1 Å². The smallest absolute Gasteiger partial charge is 0.317 e. The third kappa shape index (κ3) is 3.74. The van der Waals surface area contributed by atoms with Crippen molar-refractivity contribution in [2.24, 2.45) is 0 Å². The van der Waals surface area contributed by atoms with Crippen LogP contribution in [0.2, 0.25) is 0 Å². The lowest BCUT2D eigenvalue weighted by Crippen LogP contribution is -2.37. The second-order valence-corrected chi connectivity index (χ2v) is 5.83. The molecule has 2 amide bonds. The number of para-hydroxylation sites is 1. The lowest BCUT2D eigenvalue weighted by atomic mass is 10.1. The number of aromatic nitrogens is 1. The molecule has 0 radical (unpaired) electrons. The molecular weight excluding hydrogens is 305 g/mol. The number of hydrogen-bond acceptors (Lipinski definition) is 1. The highest BCUT2D eigenvalue weighted by Crippen LogP contribution is 2.17. The molecule has 0 bridgehead atoms. The molecule has 0 saturated heterocycles. The molecule has 0 aliphatic rings. The molecule has 24 heavy (non-hydrogen) atoms. The average molecular weight is 325 g/mol. The van der Waals surface area contributed by atoms with Crippen molar-refractivity contribution in [3.05, 3.63) is 71.7 Å². The summed E-state index contributed by atoms with van der Waals surface area (Å²) in [6, 6.07) is 14.2. The van der Waals surface area contributed by atoms with Gasteiger partial charge in [-0.3, -0.25) is 0 Å². The molecule has 5 heteroatoms. The SMILES string of the molecule is CN(Cc1cccc(F)c1)C(=O)NCCc1c[nH]c2ccccc12. The number of hydrogen-bond donors (Lipinski definition) is 2. The Hall–Kier alpha value is -2.82. The van der Waals surface area contributed by atoms with Gasteiger partial charge in [0.1, 0.15) is 5.82 Å². The van der Waals surface area contributed by atoms with Crippen molar-refractivity contribution < 1.29 is 9.18 Å². The van der Waals surface area contributed by atoms with E-state index in [0.29, 0.717) is 13.1 Å². The summed E-state index contributed by atoms with van der Waals surface area (Å²) in [5, 5.41) is 4.08. The summed E-state index contributed by atoms with van der Waals surface area (Å²) in [7, 11) is 1.70. The van der Waals surface area contributed by atoms with Gasteiger partial charge in [-0.1, -0.05) is 30.3 Å². The maximum Gasteiger partial charge on any atom is 0.317 e. The van der Waals surface area contributed by atoms with Gasteiger partial charge in [0, 0.05) is 37.2 Å². The van der Waals surface area contributed by atoms with Crippen LogP contribution >= 0.6 is 0 Å². The van der Waals surface area contributed by atoms with Crippen LogP contribution in [0.3, 0.4) is 0 Å². The average Bonchev–Trinajstić information content (AvgIpc) is 2.98. The molecular formula is C19H20FN3O. The molecule has 0 aliphatic heterocycles. The van der Waals surface area contributed by atoms with Crippen molar-refractivity contribution in [3.8, 4) is 0 Å². The summed E-state index contributed by atoms with van der Waals surface area (Å²) in [6.07, 6.45) is 2.73. The summed E-state index contributed by atoms with van der Waals surface area (Å²) < 4.78 is 13.2. The van der Waals surface area contributed by atoms with Gasteiger partial charge in [-0.05, 0) is 35.7 Å². The van der Waals surface area contributed by atoms with Gasteiger partial charge in [0.2, 0.25) is 0 Å². The molecule has 0 spiro atoms. The van der Waals surface area contributed by atoms with Gasteiger partial charge in [0.05, 0.1) is 0 Å². The first-order valence-electron chi connectivity index (χ1n) is 7.92. The molecule has 3 aromatic rings. The van der Waals surface area contributed by atoms with Crippen LogP contribution in [0.5, 0.6) is 0 Å². The molecule has 2 N–H and O–H groups in total. The van der Waals surface area contributed by atoms with E-state index in [0.717, 1.165) is 17.5 Å². The number of benzene rings is 2. The van der Waals surface area contributed by atoms with Crippen LogP contribution in [-0.4, -0.2) is 29.5 Å². The van der Waals surface area contributed by atoms with Crippen molar-refractivity contribution in [2.75, 3.05) is 13.6 Å². The summed E-state index contributed by atoms with van der Waals surface area (Å²) in [5.41, 5.74) is 3.05. The van der Waals surface area contributed by atoms with Crippen molar-refractivity contribution in [1.29, 1.82) is 0 Å².